The van der Waals surface area contributed by atoms with E-state index in [1.54, 1.807) is 45.0 Å². The van der Waals surface area contributed by atoms with Crippen LogP contribution < -0.4 is 21.9 Å². The van der Waals surface area contributed by atoms with Crippen molar-refractivity contribution in [3.05, 3.63) is 83.2 Å². The van der Waals surface area contributed by atoms with Gasteiger partial charge in [0.05, 0.1) is 5.69 Å². The Labute approximate surface area is 233 Å². The van der Waals surface area contributed by atoms with E-state index >= 15 is 0 Å². The van der Waals surface area contributed by atoms with Crippen LogP contribution in [0.5, 0.6) is 0 Å². The van der Waals surface area contributed by atoms with Crippen LogP contribution in [0, 0.1) is 0 Å². The summed E-state index contributed by atoms with van der Waals surface area (Å²) in [7, 11) is 0. The minimum Gasteiger partial charge on any atom is -0.458 e. The standard InChI is InChI=1S/C27H29F3N6O5/c1-25(2,3)41-24(40)26(4,31)23(39)32-15-16-9-8-12-18(13-16)36-19(14-20(35-36)27(28,29)30)22(38)34-33-21(37)17-10-6-5-7-11-17/h5-14H,15,31H2,1-4H3,(H,32,39)(H,33,37)(H,34,38). The molecule has 5 N–H and O–H groups in total. The zero-order valence-corrected chi connectivity index (χ0v) is 22.6. The second-order valence-corrected chi connectivity index (χ2v) is 10.2. The van der Waals surface area contributed by atoms with Crippen LogP contribution in [0.15, 0.2) is 60.7 Å². The van der Waals surface area contributed by atoms with Crippen molar-refractivity contribution >= 4 is 23.7 Å². The molecule has 3 amide bonds. The van der Waals surface area contributed by atoms with Crippen molar-refractivity contribution in [2.45, 2.75) is 51.6 Å². The molecular formula is C27H29F3N6O5. The first kappa shape index (κ1) is 30.8. The highest BCUT2D eigenvalue weighted by molar-refractivity contribution is 6.06. The maximum atomic E-state index is 13.5. The number of halogens is 3. The third-order valence-electron chi connectivity index (χ3n) is 5.46. The van der Waals surface area contributed by atoms with E-state index in [1.807, 2.05) is 0 Å². The quantitative estimate of drug-likeness (QED) is 0.192. The summed E-state index contributed by atoms with van der Waals surface area (Å²) in [6.07, 6.45) is -4.87. The number of hydrogen-bond acceptors (Lipinski definition) is 7. The van der Waals surface area contributed by atoms with E-state index in [0.29, 0.717) is 11.6 Å². The predicted octanol–water partition coefficient (Wildman–Crippen LogP) is 2.64. The number of ether oxygens (including phenoxy) is 1. The summed E-state index contributed by atoms with van der Waals surface area (Å²) in [5.41, 5.74) is 6.04. The number of benzene rings is 2. The fourth-order valence-corrected chi connectivity index (χ4v) is 3.36. The molecule has 0 bridgehead atoms. The van der Waals surface area contributed by atoms with Gasteiger partial charge in [-0.05, 0) is 57.5 Å². The van der Waals surface area contributed by atoms with Crippen molar-refractivity contribution in [2.75, 3.05) is 0 Å². The van der Waals surface area contributed by atoms with E-state index in [-0.39, 0.29) is 17.8 Å². The summed E-state index contributed by atoms with van der Waals surface area (Å²) in [6.45, 7) is 5.89. The van der Waals surface area contributed by atoms with E-state index in [0.717, 1.165) is 4.68 Å². The van der Waals surface area contributed by atoms with Crippen LogP contribution in [0.3, 0.4) is 0 Å². The van der Waals surface area contributed by atoms with Crippen LogP contribution in [0.4, 0.5) is 13.2 Å². The lowest BCUT2D eigenvalue weighted by Gasteiger charge is -2.27. The van der Waals surface area contributed by atoms with Crippen LogP contribution in [0.1, 0.15) is 59.8 Å². The number of nitrogens with one attached hydrogen (secondary N) is 3. The lowest BCUT2D eigenvalue weighted by molar-refractivity contribution is -0.163. The molecule has 0 saturated carbocycles. The van der Waals surface area contributed by atoms with Gasteiger partial charge in [0.15, 0.2) is 11.2 Å². The number of hydrazine groups is 1. The highest BCUT2D eigenvalue weighted by Gasteiger charge is 2.40. The van der Waals surface area contributed by atoms with Gasteiger partial charge in [-0.15, -0.1) is 0 Å². The Morgan fingerprint density at radius 3 is 2.15 bits per heavy atom. The first-order valence-electron chi connectivity index (χ1n) is 12.2. The second kappa shape index (κ2) is 11.8. The molecular weight excluding hydrogens is 545 g/mol. The number of carbonyl (C=O) groups excluding carboxylic acids is 4. The molecule has 2 aromatic carbocycles. The number of carbonyl (C=O) groups is 4. The topological polar surface area (TPSA) is 157 Å². The van der Waals surface area contributed by atoms with Crippen molar-refractivity contribution in [3.63, 3.8) is 0 Å². The summed E-state index contributed by atoms with van der Waals surface area (Å²) < 4.78 is 46.4. The maximum Gasteiger partial charge on any atom is 0.435 e. The molecule has 0 saturated heterocycles. The van der Waals surface area contributed by atoms with Crippen LogP contribution in [-0.4, -0.2) is 44.6 Å². The minimum absolute atomic E-state index is 0.0504. The first-order chi connectivity index (χ1) is 19.0. The van der Waals surface area contributed by atoms with Crippen molar-refractivity contribution in [3.8, 4) is 5.69 Å². The van der Waals surface area contributed by atoms with Crippen LogP contribution in [0.2, 0.25) is 0 Å². The van der Waals surface area contributed by atoms with Gasteiger partial charge in [-0.3, -0.25) is 25.2 Å². The first-order valence-corrected chi connectivity index (χ1v) is 12.2. The molecule has 1 aromatic heterocycles. The molecule has 3 rings (SSSR count). The molecule has 0 radical (unpaired) electrons. The van der Waals surface area contributed by atoms with Gasteiger partial charge in [0.2, 0.25) is 0 Å². The van der Waals surface area contributed by atoms with Gasteiger partial charge in [-0.2, -0.15) is 18.3 Å². The third kappa shape index (κ3) is 7.91. The number of nitrogens with zero attached hydrogens (tertiary/aromatic N) is 2. The van der Waals surface area contributed by atoms with Crippen molar-refractivity contribution in [1.82, 2.24) is 25.9 Å². The summed E-state index contributed by atoms with van der Waals surface area (Å²) in [6, 6.07) is 14.2. The van der Waals surface area contributed by atoms with Crippen molar-refractivity contribution in [2.24, 2.45) is 5.73 Å². The maximum absolute atomic E-state index is 13.5. The molecule has 0 aliphatic carbocycles. The highest BCUT2D eigenvalue weighted by atomic mass is 19.4. The molecule has 41 heavy (non-hydrogen) atoms. The molecule has 1 heterocycles. The number of nitrogens with two attached hydrogens (primary N) is 1. The summed E-state index contributed by atoms with van der Waals surface area (Å²) >= 11 is 0. The molecule has 3 aromatic rings. The van der Waals surface area contributed by atoms with E-state index in [9.17, 15) is 32.3 Å². The average Bonchev–Trinajstić information content (AvgIpc) is 3.36. The third-order valence-corrected chi connectivity index (χ3v) is 5.46. The van der Waals surface area contributed by atoms with Crippen molar-refractivity contribution < 1.29 is 37.1 Å². The Hall–Kier alpha value is -4.72. The second-order valence-electron chi connectivity index (χ2n) is 10.2. The highest BCUT2D eigenvalue weighted by Crippen LogP contribution is 2.29. The molecule has 1 unspecified atom stereocenters. The normalized spacial score (nSPS) is 13.1. The molecule has 1 atom stereocenters. The predicted molar refractivity (Wildman–Crippen MR) is 140 cm³/mol. The molecule has 0 fully saturated rings. The Bertz CT molecular complexity index is 1450. The number of esters is 1. The molecule has 218 valence electrons. The van der Waals surface area contributed by atoms with Gasteiger partial charge in [0, 0.05) is 18.2 Å². The fourth-order valence-electron chi connectivity index (χ4n) is 3.36. The van der Waals surface area contributed by atoms with Crippen LogP contribution >= 0.6 is 0 Å². The van der Waals surface area contributed by atoms with Gasteiger partial charge in [0.25, 0.3) is 17.7 Å². The van der Waals surface area contributed by atoms with Gasteiger partial charge < -0.3 is 15.8 Å². The molecule has 11 nitrogen and oxygen atoms in total. The van der Waals surface area contributed by atoms with Crippen LogP contribution in [0.25, 0.3) is 5.69 Å². The Morgan fingerprint density at radius 1 is 0.902 bits per heavy atom. The van der Waals surface area contributed by atoms with E-state index in [2.05, 4.69) is 21.3 Å². The Balaban J connectivity index is 1.81. The smallest absolute Gasteiger partial charge is 0.435 e. The Kier molecular flexibility index (Phi) is 8.87. The van der Waals surface area contributed by atoms with Gasteiger partial charge in [-0.25, -0.2) is 9.48 Å². The summed E-state index contributed by atoms with van der Waals surface area (Å²) in [5, 5.41) is 6.04. The van der Waals surface area contributed by atoms with Crippen LogP contribution in [-0.2, 0) is 27.0 Å². The summed E-state index contributed by atoms with van der Waals surface area (Å²) in [5.74, 6) is -3.53. The van der Waals surface area contributed by atoms with Crippen molar-refractivity contribution in [1.29, 1.82) is 0 Å². The molecule has 0 aliphatic heterocycles. The largest absolute Gasteiger partial charge is 0.458 e. The van der Waals surface area contributed by atoms with Gasteiger partial charge in [-0.1, -0.05) is 30.3 Å². The molecule has 0 spiro atoms. The Morgan fingerprint density at radius 2 is 1.54 bits per heavy atom. The summed E-state index contributed by atoms with van der Waals surface area (Å²) in [4.78, 5) is 50.1. The number of aromatic nitrogens is 2. The van der Waals surface area contributed by atoms with E-state index in [4.69, 9.17) is 10.5 Å². The monoisotopic (exact) mass is 574 g/mol. The lowest BCUT2D eigenvalue weighted by atomic mass is 10.0. The minimum atomic E-state index is -4.87. The zero-order chi connectivity index (χ0) is 30.6. The number of alkyl halides is 3. The molecule has 14 heteroatoms. The average molecular weight is 575 g/mol. The fraction of sp³-hybridized carbons (Fsp3) is 0.296. The van der Waals surface area contributed by atoms with Gasteiger partial charge >= 0.3 is 12.1 Å². The number of hydrogen-bond donors (Lipinski definition) is 4. The molecule has 0 aliphatic rings. The number of amides is 3. The lowest BCUT2D eigenvalue weighted by Crippen LogP contribution is -2.58. The number of rotatable bonds is 7. The zero-order valence-electron chi connectivity index (χ0n) is 22.6. The van der Waals surface area contributed by atoms with Gasteiger partial charge in [0.1, 0.15) is 11.3 Å². The SMILES string of the molecule is CC(C)(C)OC(=O)C(C)(N)C(=O)NCc1cccc(-n2nc(C(F)(F)F)cc2C(=O)NNC(=O)c2ccccc2)c1. The van der Waals surface area contributed by atoms with E-state index < -0.39 is 52.4 Å². The van der Waals surface area contributed by atoms with E-state index in [1.165, 1.54) is 37.3 Å².